The molecule has 0 aliphatic carbocycles. The predicted molar refractivity (Wildman–Crippen MR) is 139 cm³/mol. The van der Waals surface area contributed by atoms with Crippen LogP contribution < -0.4 is 9.47 Å². The third-order valence-electron chi connectivity index (χ3n) is 6.76. The second kappa shape index (κ2) is 12.7. The van der Waals surface area contributed by atoms with Gasteiger partial charge in [0.25, 0.3) is 11.7 Å². The Morgan fingerprint density at radius 1 is 1.08 bits per heavy atom. The first-order chi connectivity index (χ1) is 18.0. The minimum atomic E-state index is -0.766. The van der Waals surface area contributed by atoms with Crippen molar-refractivity contribution >= 4 is 17.4 Å². The van der Waals surface area contributed by atoms with Gasteiger partial charge >= 0.3 is 0 Å². The van der Waals surface area contributed by atoms with Gasteiger partial charge in [-0.25, -0.2) is 0 Å². The zero-order valence-corrected chi connectivity index (χ0v) is 21.5. The van der Waals surface area contributed by atoms with Crippen molar-refractivity contribution in [1.82, 2.24) is 14.8 Å². The van der Waals surface area contributed by atoms with Crippen LogP contribution in [0.4, 0.5) is 0 Å². The lowest BCUT2D eigenvalue weighted by molar-refractivity contribution is -0.140. The molecule has 9 heteroatoms. The maximum Gasteiger partial charge on any atom is 0.295 e. The van der Waals surface area contributed by atoms with Gasteiger partial charge in [-0.05, 0) is 36.2 Å². The number of Topliss-reactive ketones (excluding diaryl/α,β-unsaturated/α-hetero) is 1. The highest BCUT2D eigenvalue weighted by molar-refractivity contribution is 6.46. The summed E-state index contributed by atoms with van der Waals surface area (Å²) in [6.07, 6.45) is 6.18. The van der Waals surface area contributed by atoms with Crippen LogP contribution in [0.1, 0.15) is 43.4 Å². The number of aliphatic hydroxyl groups is 1. The molecule has 198 valence electrons. The van der Waals surface area contributed by atoms with E-state index in [4.69, 9.17) is 14.2 Å². The summed E-state index contributed by atoms with van der Waals surface area (Å²) in [7, 11) is 1.56. The summed E-state index contributed by atoms with van der Waals surface area (Å²) < 4.78 is 17.0. The summed E-state index contributed by atoms with van der Waals surface area (Å²) in [5, 5.41) is 11.2. The van der Waals surface area contributed by atoms with Gasteiger partial charge in [0.2, 0.25) is 0 Å². The molecule has 1 N–H and O–H groups in total. The Kier molecular flexibility index (Phi) is 9.14. The van der Waals surface area contributed by atoms with Gasteiger partial charge in [0.1, 0.15) is 5.76 Å². The molecule has 0 spiro atoms. The number of rotatable bonds is 11. The number of benzene rings is 1. The fraction of sp³-hybridized carbons (Fsp3) is 0.464. The van der Waals surface area contributed by atoms with Crippen molar-refractivity contribution in [2.45, 2.75) is 32.2 Å². The molecule has 2 aliphatic heterocycles. The minimum absolute atomic E-state index is 0.0526. The number of pyridine rings is 1. The molecule has 1 atom stereocenters. The number of ether oxygens (including phenoxy) is 3. The average Bonchev–Trinajstić information content (AvgIpc) is 3.19. The average molecular weight is 510 g/mol. The number of carbonyl (C=O) groups excluding carboxylic acids is 2. The Morgan fingerprint density at radius 3 is 2.54 bits per heavy atom. The van der Waals surface area contributed by atoms with E-state index in [1.807, 2.05) is 6.07 Å². The number of unbranched alkanes of at least 4 members (excludes halogenated alkanes) is 2. The van der Waals surface area contributed by atoms with Crippen molar-refractivity contribution in [3.63, 3.8) is 0 Å². The number of methoxy groups -OCH3 is 1. The van der Waals surface area contributed by atoms with Crippen molar-refractivity contribution in [3.05, 3.63) is 59.4 Å². The SMILES string of the molecule is CCCCCOc1ccc(C2C(=C(O)c3ccncc3)C(=O)C(=O)N2CCN2CCOCC2)cc1OC. The molecule has 3 heterocycles. The van der Waals surface area contributed by atoms with Crippen LogP contribution in [0.15, 0.2) is 48.3 Å². The number of likely N-dealkylation sites (tertiary alicyclic amines) is 1. The first-order valence-electron chi connectivity index (χ1n) is 12.8. The van der Waals surface area contributed by atoms with Gasteiger partial charge in [0, 0.05) is 44.1 Å². The molecule has 0 bridgehead atoms. The molecule has 9 nitrogen and oxygen atoms in total. The van der Waals surface area contributed by atoms with Gasteiger partial charge in [-0.15, -0.1) is 0 Å². The Hall–Kier alpha value is -3.43. The molecule has 1 amide bonds. The fourth-order valence-corrected chi connectivity index (χ4v) is 4.70. The fourth-order valence-electron chi connectivity index (χ4n) is 4.70. The molecule has 37 heavy (non-hydrogen) atoms. The van der Waals surface area contributed by atoms with Gasteiger partial charge in [0.15, 0.2) is 11.5 Å². The van der Waals surface area contributed by atoms with Crippen molar-refractivity contribution < 1.29 is 28.9 Å². The predicted octanol–water partition coefficient (Wildman–Crippen LogP) is 3.41. The molecule has 1 unspecified atom stereocenters. The molecule has 2 aromatic rings. The Bertz CT molecular complexity index is 1110. The highest BCUT2D eigenvalue weighted by Crippen LogP contribution is 2.41. The molecular weight excluding hydrogens is 474 g/mol. The quantitative estimate of drug-likeness (QED) is 0.213. The van der Waals surface area contributed by atoms with Gasteiger partial charge in [-0.1, -0.05) is 25.8 Å². The lowest BCUT2D eigenvalue weighted by Gasteiger charge is -2.31. The van der Waals surface area contributed by atoms with Crippen LogP contribution in [0.3, 0.4) is 0 Å². The monoisotopic (exact) mass is 509 g/mol. The molecule has 2 fully saturated rings. The topological polar surface area (TPSA) is 101 Å². The first-order valence-corrected chi connectivity index (χ1v) is 12.8. The number of hydrogen-bond donors (Lipinski definition) is 1. The first kappa shape index (κ1) is 26.6. The van der Waals surface area contributed by atoms with Gasteiger partial charge in [-0.2, -0.15) is 0 Å². The zero-order valence-electron chi connectivity index (χ0n) is 21.5. The van der Waals surface area contributed by atoms with E-state index in [0.717, 1.165) is 32.4 Å². The van der Waals surface area contributed by atoms with Gasteiger partial charge in [-0.3, -0.25) is 19.5 Å². The third-order valence-corrected chi connectivity index (χ3v) is 6.76. The molecule has 2 aliphatic rings. The number of carbonyl (C=O) groups is 2. The van der Waals surface area contributed by atoms with Gasteiger partial charge < -0.3 is 24.2 Å². The lowest BCUT2D eigenvalue weighted by Crippen LogP contribution is -2.42. The largest absolute Gasteiger partial charge is 0.507 e. The summed E-state index contributed by atoms with van der Waals surface area (Å²) in [5.74, 6) is -0.454. The Balaban J connectivity index is 1.69. The number of morpholine rings is 1. The van der Waals surface area contributed by atoms with E-state index in [9.17, 15) is 14.7 Å². The Labute approximate surface area is 217 Å². The molecule has 4 rings (SSSR count). The van der Waals surface area contributed by atoms with Crippen LogP contribution in [0, 0.1) is 0 Å². The molecule has 1 aromatic carbocycles. The number of amides is 1. The highest BCUT2D eigenvalue weighted by atomic mass is 16.5. The van der Waals surface area contributed by atoms with Crippen molar-refractivity contribution in [1.29, 1.82) is 0 Å². The van der Waals surface area contributed by atoms with Crippen molar-refractivity contribution in [2.24, 2.45) is 0 Å². The molecule has 0 radical (unpaired) electrons. The molecule has 0 saturated carbocycles. The van der Waals surface area contributed by atoms with E-state index in [-0.39, 0.29) is 11.3 Å². The number of hydrogen-bond acceptors (Lipinski definition) is 8. The number of ketones is 1. The maximum absolute atomic E-state index is 13.3. The van der Waals surface area contributed by atoms with E-state index in [2.05, 4.69) is 16.8 Å². The Morgan fingerprint density at radius 2 is 1.84 bits per heavy atom. The van der Waals surface area contributed by atoms with Crippen LogP contribution in [-0.2, 0) is 14.3 Å². The number of aliphatic hydroxyl groups excluding tert-OH is 1. The van der Waals surface area contributed by atoms with Crippen molar-refractivity contribution in [2.75, 3.05) is 53.1 Å². The number of aromatic nitrogens is 1. The van der Waals surface area contributed by atoms with E-state index < -0.39 is 17.7 Å². The summed E-state index contributed by atoms with van der Waals surface area (Å²) >= 11 is 0. The standard InChI is InChI=1S/C28H35N3O6/c1-3-4-5-16-37-22-7-6-21(19-23(22)35-2)25-24(26(32)20-8-10-29-11-9-20)27(33)28(34)31(25)13-12-30-14-17-36-18-15-30/h6-11,19,25,32H,3-5,12-18H2,1-2H3. The van der Waals surface area contributed by atoms with Crippen LogP contribution in [0.25, 0.3) is 5.76 Å². The van der Waals surface area contributed by atoms with Crippen LogP contribution >= 0.6 is 0 Å². The summed E-state index contributed by atoms with van der Waals surface area (Å²) in [5.41, 5.74) is 1.14. The van der Waals surface area contributed by atoms with E-state index in [1.165, 1.54) is 12.4 Å². The maximum atomic E-state index is 13.3. The highest BCUT2D eigenvalue weighted by Gasteiger charge is 2.46. The zero-order chi connectivity index (χ0) is 26.2. The van der Waals surface area contributed by atoms with Crippen LogP contribution in [0.2, 0.25) is 0 Å². The molecule has 2 saturated heterocycles. The smallest absolute Gasteiger partial charge is 0.295 e. The van der Waals surface area contributed by atoms with Crippen molar-refractivity contribution in [3.8, 4) is 11.5 Å². The number of nitrogens with zero attached hydrogens (tertiary/aromatic N) is 3. The third kappa shape index (κ3) is 6.11. The summed E-state index contributed by atoms with van der Waals surface area (Å²) in [6, 6.07) is 7.87. The van der Waals surface area contributed by atoms with Crippen LogP contribution in [-0.4, -0.2) is 84.7 Å². The van der Waals surface area contributed by atoms with E-state index >= 15 is 0 Å². The lowest BCUT2D eigenvalue weighted by atomic mass is 9.95. The summed E-state index contributed by atoms with van der Waals surface area (Å²) in [6.45, 7) is 6.45. The normalized spacial score (nSPS) is 19.8. The second-order valence-corrected chi connectivity index (χ2v) is 9.15. The minimum Gasteiger partial charge on any atom is -0.507 e. The van der Waals surface area contributed by atoms with Gasteiger partial charge in [0.05, 0.1) is 38.5 Å². The van der Waals surface area contributed by atoms with Crippen LogP contribution in [0.5, 0.6) is 11.5 Å². The summed E-state index contributed by atoms with van der Waals surface area (Å²) in [4.78, 5) is 34.3. The molecule has 1 aromatic heterocycles. The second-order valence-electron chi connectivity index (χ2n) is 9.15. The molecular formula is C28H35N3O6. The van der Waals surface area contributed by atoms with E-state index in [1.54, 1.807) is 36.3 Å². The van der Waals surface area contributed by atoms with E-state index in [0.29, 0.717) is 55.5 Å².